The van der Waals surface area contributed by atoms with Gasteiger partial charge in [-0.3, -0.25) is 0 Å². The van der Waals surface area contributed by atoms with Gasteiger partial charge in [-0.05, 0) is 37.8 Å². The van der Waals surface area contributed by atoms with Crippen molar-refractivity contribution in [2.75, 3.05) is 11.9 Å². The lowest BCUT2D eigenvalue weighted by atomic mass is 9.86. The molecule has 1 N–H and O–H groups in total. The average Bonchev–Trinajstić information content (AvgIpc) is 2.55. The topological polar surface area (TPSA) is 59.9 Å². The van der Waals surface area contributed by atoms with Crippen LogP contribution in [0, 0.1) is 0 Å². The lowest BCUT2D eigenvalue weighted by molar-refractivity contribution is -0.0865. The number of nitrogens with zero attached hydrogens (tertiary/aromatic N) is 3. The number of aromatic nitrogens is 3. The summed E-state index contributed by atoms with van der Waals surface area (Å²) < 4.78 is 6.01. The first-order valence-electron chi connectivity index (χ1n) is 7.74. The van der Waals surface area contributed by atoms with Crippen LogP contribution in [0.1, 0.15) is 39.5 Å². The minimum absolute atomic E-state index is 0.000192. The zero-order valence-corrected chi connectivity index (χ0v) is 12.7. The van der Waals surface area contributed by atoms with Crippen LogP contribution in [0.2, 0.25) is 0 Å². The maximum absolute atomic E-state index is 6.01. The maximum Gasteiger partial charge on any atom is 0.243 e. The Bertz CT molecular complexity index is 612. The van der Waals surface area contributed by atoms with Gasteiger partial charge >= 0.3 is 0 Å². The Hall–Kier alpha value is -1.75. The highest BCUT2D eigenvalue weighted by Gasteiger charge is 2.34. The van der Waals surface area contributed by atoms with Gasteiger partial charge in [-0.25, -0.2) is 4.98 Å². The first-order chi connectivity index (χ1) is 10.2. The molecule has 1 aromatic carbocycles. The molecule has 1 atom stereocenters. The van der Waals surface area contributed by atoms with E-state index in [1.165, 1.54) is 0 Å². The summed E-state index contributed by atoms with van der Waals surface area (Å²) in [6.45, 7) is 5.18. The molecule has 21 heavy (non-hydrogen) atoms. The molecule has 1 fully saturated rings. The summed E-state index contributed by atoms with van der Waals surface area (Å²) in [6.07, 6.45) is 4.06. The Morgan fingerprint density at radius 1 is 1.19 bits per heavy atom. The van der Waals surface area contributed by atoms with E-state index in [0.717, 1.165) is 43.3 Å². The Labute approximate surface area is 125 Å². The molecular weight excluding hydrogens is 264 g/mol. The predicted octanol–water partition coefficient (Wildman–Crippen LogP) is 3.17. The molecule has 1 aliphatic heterocycles. The van der Waals surface area contributed by atoms with Crippen LogP contribution in [0.5, 0.6) is 0 Å². The number of ether oxygens (including phenoxy) is 1. The summed E-state index contributed by atoms with van der Waals surface area (Å²) in [5.41, 5.74) is 1.70. The standard InChI is InChI=1S/C16H22N4O/c1-3-16(4-2)11-12(9-10-21-16)17-15-18-13-7-5-6-8-14(13)19-20-15/h5-8,12H,3-4,9-11H2,1-2H3,(H,17,18,20). The highest BCUT2D eigenvalue weighted by molar-refractivity contribution is 5.74. The first kappa shape index (κ1) is 14.2. The van der Waals surface area contributed by atoms with E-state index in [4.69, 9.17) is 4.74 Å². The molecule has 2 aromatic rings. The van der Waals surface area contributed by atoms with Gasteiger partial charge in [0.25, 0.3) is 0 Å². The van der Waals surface area contributed by atoms with Gasteiger partial charge in [-0.15, -0.1) is 10.2 Å². The van der Waals surface area contributed by atoms with Crippen LogP contribution in [0.25, 0.3) is 11.0 Å². The summed E-state index contributed by atoms with van der Waals surface area (Å²) in [5.74, 6) is 0.613. The quantitative estimate of drug-likeness (QED) is 0.935. The van der Waals surface area contributed by atoms with Crippen molar-refractivity contribution in [3.63, 3.8) is 0 Å². The van der Waals surface area contributed by atoms with Gasteiger partial charge in [-0.1, -0.05) is 26.0 Å². The molecular formula is C16H22N4O. The van der Waals surface area contributed by atoms with E-state index in [0.29, 0.717) is 12.0 Å². The lowest BCUT2D eigenvalue weighted by Gasteiger charge is -2.40. The molecule has 1 unspecified atom stereocenters. The largest absolute Gasteiger partial charge is 0.375 e. The smallest absolute Gasteiger partial charge is 0.243 e. The number of hydrogen-bond acceptors (Lipinski definition) is 5. The summed E-state index contributed by atoms with van der Waals surface area (Å²) in [6, 6.07) is 8.14. The van der Waals surface area contributed by atoms with Crippen molar-refractivity contribution in [3.05, 3.63) is 24.3 Å². The summed E-state index contributed by atoms with van der Waals surface area (Å²) in [5, 5.41) is 11.8. The van der Waals surface area contributed by atoms with E-state index in [1.807, 2.05) is 24.3 Å². The van der Waals surface area contributed by atoms with E-state index >= 15 is 0 Å². The van der Waals surface area contributed by atoms with Gasteiger partial charge in [0.15, 0.2) is 0 Å². The lowest BCUT2D eigenvalue weighted by Crippen LogP contribution is -2.43. The zero-order chi connectivity index (χ0) is 14.7. The van der Waals surface area contributed by atoms with Gasteiger partial charge in [0.2, 0.25) is 5.95 Å². The fraction of sp³-hybridized carbons (Fsp3) is 0.562. The first-order valence-corrected chi connectivity index (χ1v) is 7.74. The molecule has 112 valence electrons. The minimum atomic E-state index is 0.000192. The van der Waals surface area contributed by atoms with Crippen molar-refractivity contribution in [1.29, 1.82) is 0 Å². The summed E-state index contributed by atoms with van der Waals surface area (Å²) in [4.78, 5) is 4.54. The van der Waals surface area contributed by atoms with Gasteiger partial charge in [-0.2, -0.15) is 0 Å². The number of nitrogens with one attached hydrogen (secondary N) is 1. The van der Waals surface area contributed by atoms with Crippen LogP contribution >= 0.6 is 0 Å². The van der Waals surface area contributed by atoms with E-state index in [2.05, 4.69) is 34.3 Å². The zero-order valence-electron chi connectivity index (χ0n) is 12.7. The van der Waals surface area contributed by atoms with Crippen molar-refractivity contribution in [2.24, 2.45) is 0 Å². The van der Waals surface area contributed by atoms with Crippen LogP contribution in [0.4, 0.5) is 5.95 Å². The molecule has 0 aliphatic carbocycles. The normalized spacial score (nSPS) is 21.3. The Balaban J connectivity index is 1.75. The van der Waals surface area contributed by atoms with E-state index in [-0.39, 0.29) is 5.60 Å². The van der Waals surface area contributed by atoms with Crippen molar-refractivity contribution in [3.8, 4) is 0 Å². The third-order valence-electron chi connectivity index (χ3n) is 4.48. The minimum Gasteiger partial charge on any atom is -0.375 e. The SMILES string of the molecule is CCC1(CC)CC(Nc2nnc3ccccc3n2)CCO1. The van der Waals surface area contributed by atoms with Crippen LogP contribution in [-0.4, -0.2) is 33.4 Å². The monoisotopic (exact) mass is 286 g/mol. The van der Waals surface area contributed by atoms with Gasteiger partial charge < -0.3 is 10.1 Å². The molecule has 0 radical (unpaired) electrons. The fourth-order valence-corrected chi connectivity index (χ4v) is 3.02. The van der Waals surface area contributed by atoms with Gasteiger partial charge in [0.1, 0.15) is 5.52 Å². The van der Waals surface area contributed by atoms with Gasteiger partial charge in [0.05, 0.1) is 11.1 Å². The summed E-state index contributed by atoms with van der Waals surface area (Å²) >= 11 is 0. The Morgan fingerprint density at radius 3 is 2.71 bits per heavy atom. The van der Waals surface area contributed by atoms with E-state index in [9.17, 15) is 0 Å². The molecule has 0 amide bonds. The number of para-hydroxylation sites is 1. The second-order valence-corrected chi connectivity index (χ2v) is 5.70. The number of benzene rings is 1. The Kier molecular flexibility index (Phi) is 4.01. The number of rotatable bonds is 4. The fourth-order valence-electron chi connectivity index (χ4n) is 3.02. The molecule has 2 heterocycles. The highest BCUT2D eigenvalue weighted by Crippen LogP contribution is 2.32. The van der Waals surface area contributed by atoms with E-state index in [1.54, 1.807) is 0 Å². The van der Waals surface area contributed by atoms with Crippen LogP contribution < -0.4 is 5.32 Å². The highest BCUT2D eigenvalue weighted by atomic mass is 16.5. The van der Waals surface area contributed by atoms with E-state index < -0.39 is 0 Å². The number of anilines is 1. The van der Waals surface area contributed by atoms with Crippen LogP contribution in [0.15, 0.2) is 24.3 Å². The maximum atomic E-state index is 6.01. The molecule has 0 bridgehead atoms. The summed E-state index contributed by atoms with van der Waals surface area (Å²) in [7, 11) is 0. The van der Waals surface area contributed by atoms with Crippen molar-refractivity contribution < 1.29 is 4.74 Å². The molecule has 5 nitrogen and oxygen atoms in total. The molecule has 0 saturated carbocycles. The molecule has 5 heteroatoms. The predicted molar refractivity (Wildman–Crippen MR) is 83.2 cm³/mol. The van der Waals surface area contributed by atoms with Crippen molar-refractivity contribution in [2.45, 2.75) is 51.2 Å². The third-order valence-corrected chi connectivity index (χ3v) is 4.48. The Morgan fingerprint density at radius 2 is 1.95 bits per heavy atom. The second-order valence-electron chi connectivity index (χ2n) is 5.70. The molecule has 1 saturated heterocycles. The van der Waals surface area contributed by atoms with Crippen molar-refractivity contribution in [1.82, 2.24) is 15.2 Å². The molecule has 1 aliphatic rings. The third kappa shape index (κ3) is 2.97. The average molecular weight is 286 g/mol. The second kappa shape index (κ2) is 5.93. The molecule has 1 aromatic heterocycles. The van der Waals surface area contributed by atoms with Crippen molar-refractivity contribution >= 4 is 17.0 Å². The number of fused-ring (bicyclic) bond motifs is 1. The van der Waals surface area contributed by atoms with Crippen LogP contribution in [-0.2, 0) is 4.74 Å². The molecule has 0 spiro atoms. The van der Waals surface area contributed by atoms with Crippen LogP contribution in [0.3, 0.4) is 0 Å². The molecule has 3 rings (SSSR count). The van der Waals surface area contributed by atoms with Gasteiger partial charge in [0, 0.05) is 12.6 Å². The number of hydrogen-bond donors (Lipinski definition) is 1.